The molecule has 0 heterocycles. The standard InChI is InChI=1S/C22H18ClNO4/c23-21-4-2-1-3-19(21)14-27-20-11-9-18(10-12-20)17-7-5-16(6-8-17)13-24-28-15-22(25)26/h1-13H,14-15H2,(H,25,26)/b24-13+. The van der Waals surface area contributed by atoms with Gasteiger partial charge < -0.3 is 14.7 Å². The fourth-order valence-corrected chi connectivity index (χ4v) is 2.66. The van der Waals surface area contributed by atoms with Crippen molar-refractivity contribution in [2.24, 2.45) is 5.16 Å². The quantitative estimate of drug-likeness (QED) is 0.429. The van der Waals surface area contributed by atoms with Crippen molar-refractivity contribution in [2.75, 3.05) is 6.61 Å². The fourth-order valence-electron chi connectivity index (χ4n) is 2.47. The third kappa shape index (κ3) is 5.59. The summed E-state index contributed by atoms with van der Waals surface area (Å²) in [5.41, 5.74) is 3.85. The summed E-state index contributed by atoms with van der Waals surface area (Å²) in [6.45, 7) is -0.0452. The van der Waals surface area contributed by atoms with Crippen LogP contribution in [-0.4, -0.2) is 23.9 Å². The number of nitrogens with zero attached hydrogens (tertiary/aromatic N) is 1. The Hall–Kier alpha value is -3.31. The summed E-state index contributed by atoms with van der Waals surface area (Å²) in [7, 11) is 0. The maximum atomic E-state index is 10.4. The summed E-state index contributed by atoms with van der Waals surface area (Å²) >= 11 is 6.14. The molecule has 0 aromatic heterocycles. The highest BCUT2D eigenvalue weighted by Crippen LogP contribution is 2.24. The summed E-state index contributed by atoms with van der Waals surface area (Å²) in [6.07, 6.45) is 1.47. The van der Waals surface area contributed by atoms with E-state index in [0.29, 0.717) is 11.6 Å². The Balaban J connectivity index is 1.58. The van der Waals surface area contributed by atoms with Crippen LogP contribution < -0.4 is 4.74 Å². The third-order valence-corrected chi connectivity index (χ3v) is 4.28. The van der Waals surface area contributed by atoms with Gasteiger partial charge in [-0.2, -0.15) is 0 Å². The molecular weight excluding hydrogens is 378 g/mol. The van der Waals surface area contributed by atoms with Gasteiger partial charge in [0.25, 0.3) is 0 Å². The Labute approximate surface area is 167 Å². The van der Waals surface area contributed by atoms with E-state index in [9.17, 15) is 4.79 Å². The molecule has 0 amide bonds. The van der Waals surface area contributed by atoms with Crippen LogP contribution >= 0.6 is 11.6 Å². The second-order valence-corrected chi connectivity index (χ2v) is 6.34. The van der Waals surface area contributed by atoms with Crippen LogP contribution in [0.5, 0.6) is 5.75 Å². The van der Waals surface area contributed by atoms with Crippen molar-refractivity contribution >= 4 is 23.8 Å². The molecule has 5 nitrogen and oxygen atoms in total. The van der Waals surface area contributed by atoms with E-state index in [1.807, 2.05) is 72.8 Å². The first-order chi connectivity index (χ1) is 13.6. The Morgan fingerprint density at radius 3 is 2.25 bits per heavy atom. The van der Waals surface area contributed by atoms with Crippen molar-refractivity contribution in [3.8, 4) is 16.9 Å². The van der Waals surface area contributed by atoms with E-state index < -0.39 is 12.6 Å². The minimum atomic E-state index is -1.06. The number of halogens is 1. The highest BCUT2D eigenvalue weighted by Gasteiger charge is 2.02. The minimum Gasteiger partial charge on any atom is -0.489 e. The minimum absolute atomic E-state index is 0.414. The number of oxime groups is 1. The first-order valence-corrected chi connectivity index (χ1v) is 8.93. The van der Waals surface area contributed by atoms with Crippen LogP contribution in [0.25, 0.3) is 11.1 Å². The lowest BCUT2D eigenvalue weighted by atomic mass is 10.0. The molecule has 0 aliphatic rings. The number of hydrogen-bond donors (Lipinski definition) is 1. The van der Waals surface area contributed by atoms with Crippen LogP contribution in [-0.2, 0) is 16.2 Å². The van der Waals surface area contributed by atoms with E-state index in [1.54, 1.807) is 0 Å². The number of carboxylic acids is 1. The van der Waals surface area contributed by atoms with Crippen LogP contribution in [0.4, 0.5) is 0 Å². The topological polar surface area (TPSA) is 68.1 Å². The van der Waals surface area contributed by atoms with Gasteiger partial charge >= 0.3 is 5.97 Å². The van der Waals surface area contributed by atoms with Gasteiger partial charge in [0.1, 0.15) is 12.4 Å². The Morgan fingerprint density at radius 1 is 0.964 bits per heavy atom. The third-order valence-electron chi connectivity index (χ3n) is 3.91. The molecule has 3 aromatic rings. The number of hydrogen-bond acceptors (Lipinski definition) is 4. The molecule has 0 bridgehead atoms. The normalized spacial score (nSPS) is 10.8. The van der Waals surface area contributed by atoms with Crippen LogP contribution in [0.3, 0.4) is 0 Å². The molecule has 0 saturated carbocycles. The second kappa shape index (κ2) is 9.58. The molecule has 28 heavy (non-hydrogen) atoms. The van der Waals surface area contributed by atoms with Crippen molar-refractivity contribution in [2.45, 2.75) is 6.61 Å². The summed E-state index contributed by atoms with van der Waals surface area (Å²) in [5, 5.41) is 12.8. The largest absolute Gasteiger partial charge is 0.489 e. The SMILES string of the molecule is O=C(O)CO/N=C/c1ccc(-c2ccc(OCc3ccccc3Cl)cc2)cc1. The summed E-state index contributed by atoms with van der Waals surface area (Å²) in [4.78, 5) is 15.0. The van der Waals surface area contributed by atoms with Gasteiger partial charge in [0, 0.05) is 10.6 Å². The molecule has 0 aliphatic heterocycles. The van der Waals surface area contributed by atoms with E-state index in [0.717, 1.165) is 28.0 Å². The maximum absolute atomic E-state index is 10.4. The molecule has 1 N–H and O–H groups in total. The lowest BCUT2D eigenvalue weighted by Crippen LogP contribution is -2.03. The molecule has 0 spiro atoms. The van der Waals surface area contributed by atoms with Crippen molar-refractivity contribution in [3.63, 3.8) is 0 Å². The van der Waals surface area contributed by atoms with Crippen molar-refractivity contribution in [1.29, 1.82) is 0 Å². The first-order valence-electron chi connectivity index (χ1n) is 8.55. The molecule has 0 aliphatic carbocycles. The number of benzene rings is 3. The Morgan fingerprint density at radius 2 is 1.61 bits per heavy atom. The molecule has 6 heteroatoms. The van der Waals surface area contributed by atoms with E-state index in [2.05, 4.69) is 9.99 Å². The van der Waals surface area contributed by atoms with Gasteiger partial charge in [0.15, 0.2) is 0 Å². The van der Waals surface area contributed by atoms with Gasteiger partial charge in [0.05, 0.1) is 6.21 Å². The molecule has 0 atom stereocenters. The van der Waals surface area contributed by atoms with E-state index in [4.69, 9.17) is 21.4 Å². The van der Waals surface area contributed by atoms with Gasteiger partial charge in [-0.05, 0) is 34.9 Å². The summed E-state index contributed by atoms with van der Waals surface area (Å²) < 4.78 is 5.80. The Kier molecular flexibility index (Phi) is 6.65. The van der Waals surface area contributed by atoms with Crippen molar-refractivity contribution in [1.82, 2.24) is 0 Å². The second-order valence-electron chi connectivity index (χ2n) is 5.93. The lowest BCUT2D eigenvalue weighted by Gasteiger charge is -2.09. The fraction of sp³-hybridized carbons (Fsp3) is 0.0909. The number of rotatable bonds is 8. The van der Waals surface area contributed by atoms with Crippen LogP contribution in [0, 0.1) is 0 Å². The van der Waals surface area contributed by atoms with Gasteiger partial charge in [-0.25, -0.2) is 4.79 Å². The van der Waals surface area contributed by atoms with Gasteiger partial charge in [-0.15, -0.1) is 0 Å². The summed E-state index contributed by atoms with van der Waals surface area (Å²) in [5.74, 6) is -0.296. The number of carbonyl (C=O) groups is 1. The molecular formula is C22H18ClNO4. The van der Waals surface area contributed by atoms with Gasteiger partial charge in [-0.1, -0.05) is 71.4 Å². The first kappa shape index (κ1) is 19.5. The van der Waals surface area contributed by atoms with Crippen LogP contribution in [0.1, 0.15) is 11.1 Å². The maximum Gasteiger partial charge on any atom is 0.344 e. The van der Waals surface area contributed by atoms with Crippen molar-refractivity contribution < 1.29 is 19.5 Å². The highest BCUT2D eigenvalue weighted by molar-refractivity contribution is 6.31. The molecule has 3 aromatic carbocycles. The molecule has 0 saturated heterocycles. The van der Waals surface area contributed by atoms with E-state index in [-0.39, 0.29) is 0 Å². The van der Waals surface area contributed by atoms with Gasteiger partial charge in [-0.3, -0.25) is 0 Å². The number of aliphatic carboxylic acids is 1. The molecule has 0 radical (unpaired) electrons. The van der Waals surface area contributed by atoms with Crippen LogP contribution in [0.15, 0.2) is 78.0 Å². The summed E-state index contributed by atoms with van der Waals surface area (Å²) in [6, 6.07) is 23.1. The molecule has 0 unspecified atom stereocenters. The van der Waals surface area contributed by atoms with Gasteiger partial charge in [0.2, 0.25) is 6.61 Å². The number of ether oxygens (including phenoxy) is 1. The van der Waals surface area contributed by atoms with E-state index >= 15 is 0 Å². The zero-order chi connectivity index (χ0) is 19.8. The van der Waals surface area contributed by atoms with E-state index in [1.165, 1.54) is 6.21 Å². The monoisotopic (exact) mass is 395 g/mol. The van der Waals surface area contributed by atoms with Crippen LogP contribution in [0.2, 0.25) is 5.02 Å². The molecule has 0 fully saturated rings. The Bertz CT molecular complexity index is 953. The van der Waals surface area contributed by atoms with Crippen molar-refractivity contribution in [3.05, 3.63) is 88.9 Å². The zero-order valence-corrected chi connectivity index (χ0v) is 15.7. The number of carboxylic acid groups (broad SMARTS) is 1. The predicted molar refractivity (Wildman–Crippen MR) is 109 cm³/mol. The average molecular weight is 396 g/mol. The average Bonchev–Trinajstić information content (AvgIpc) is 2.71. The smallest absolute Gasteiger partial charge is 0.344 e. The predicted octanol–water partition coefficient (Wildman–Crippen LogP) is 5.02. The zero-order valence-electron chi connectivity index (χ0n) is 14.9. The highest BCUT2D eigenvalue weighted by atomic mass is 35.5. The molecule has 142 valence electrons. The molecule has 3 rings (SSSR count). The lowest BCUT2D eigenvalue weighted by molar-refractivity contribution is -0.142.